The molecule has 5 nitrogen and oxygen atoms in total. The van der Waals surface area contributed by atoms with Crippen LogP contribution in [0.4, 0.5) is 0 Å². The van der Waals surface area contributed by atoms with Crippen molar-refractivity contribution in [2.75, 3.05) is 0 Å². The lowest BCUT2D eigenvalue weighted by Gasteiger charge is -2.48. The van der Waals surface area contributed by atoms with Crippen LogP contribution in [0.1, 0.15) is 85.0 Å². The number of halogens is 1. The highest BCUT2D eigenvalue weighted by Crippen LogP contribution is 2.60. The molecule has 1 heterocycles. The minimum Gasteiger partial charge on any atom is -0.390 e. The second kappa shape index (κ2) is 9.20. The van der Waals surface area contributed by atoms with Crippen molar-refractivity contribution in [1.29, 1.82) is 0 Å². The third-order valence-electron chi connectivity index (χ3n) is 9.85. The van der Waals surface area contributed by atoms with E-state index in [0.717, 1.165) is 50.0 Å². The molecule has 2 aromatic rings. The average molecular weight is 486 g/mol. The summed E-state index contributed by atoms with van der Waals surface area (Å²) in [6.07, 6.45) is 11.3. The number of benzene rings is 1. The van der Waals surface area contributed by atoms with Crippen molar-refractivity contribution in [3.63, 3.8) is 0 Å². The first-order valence-corrected chi connectivity index (χ1v) is 13.8. The van der Waals surface area contributed by atoms with Crippen LogP contribution in [0.2, 0.25) is 5.02 Å². The van der Waals surface area contributed by atoms with Crippen LogP contribution in [0, 0.1) is 35.0 Å². The number of carbonyl (C=O) groups is 1. The minimum atomic E-state index is -0.476. The van der Waals surface area contributed by atoms with Crippen LogP contribution in [-0.2, 0) is 11.3 Å². The van der Waals surface area contributed by atoms with E-state index in [0.29, 0.717) is 28.3 Å². The van der Waals surface area contributed by atoms with Crippen LogP contribution in [0.15, 0.2) is 18.2 Å². The Morgan fingerprint density at radius 1 is 1.15 bits per heavy atom. The zero-order valence-corrected chi connectivity index (χ0v) is 21.7. The van der Waals surface area contributed by atoms with Gasteiger partial charge in [0.05, 0.1) is 10.6 Å². The van der Waals surface area contributed by atoms with Crippen LogP contribution in [0.5, 0.6) is 0 Å². The van der Waals surface area contributed by atoms with E-state index in [9.17, 15) is 9.90 Å². The Balaban J connectivity index is 1.27. The molecule has 0 aliphatic heterocycles. The molecule has 5 rings (SSSR count). The summed E-state index contributed by atoms with van der Waals surface area (Å²) in [5, 5.41) is 20.1. The number of aliphatic hydroxyl groups is 1. The highest BCUT2D eigenvalue weighted by Gasteiger charge is 2.54. The maximum Gasteiger partial charge on any atom is 0.159 e. The van der Waals surface area contributed by atoms with E-state index in [4.69, 9.17) is 11.6 Å². The standard InChI is InChI=1S/C28H40ClN3O2/c1-18-13-15-28(3)21(20(18)10-9-19-6-5-14-27(2,34)16-19)11-12-22(28)25(33)17-32-30-24-8-4-7-23(29)26(24)31-32/h4,7-8,18-22,34H,5-6,9-17H2,1-3H3. The summed E-state index contributed by atoms with van der Waals surface area (Å²) >= 11 is 6.26. The summed E-state index contributed by atoms with van der Waals surface area (Å²) in [7, 11) is 0. The molecule has 3 fully saturated rings. The Hall–Kier alpha value is -1.46. The van der Waals surface area contributed by atoms with Gasteiger partial charge in [0.15, 0.2) is 5.78 Å². The van der Waals surface area contributed by atoms with Crippen LogP contribution in [0.25, 0.3) is 11.0 Å². The first-order chi connectivity index (χ1) is 16.2. The number of fused-ring (bicyclic) bond motifs is 2. The van der Waals surface area contributed by atoms with Gasteiger partial charge in [-0.15, -0.1) is 0 Å². The second-order valence-corrected chi connectivity index (χ2v) is 12.7. The van der Waals surface area contributed by atoms with Gasteiger partial charge in [0.1, 0.15) is 17.6 Å². The zero-order valence-electron chi connectivity index (χ0n) is 21.0. The summed E-state index contributed by atoms with van der Waals surface area (Å²) in [4.78, 5) is 15.1. The van der Waals surface area contributed by atoms with Crippen LogP contribution in [-0.4, -0.2) is 31.5 Å². The second-order valence-electron chi connectivity index (χ2n) is 12.3. The van der Waals surface area contributed by atoms with Crippen molar-refractivity contribution in [1.82, 2.24) is 15.0 Å². The predicted octanol–water partition coefficient (Wildman–Crippen LogP) is 6.45. The zero-order chi connectivity index (χ0) is 24.1. The fraction of sp³-hybridized carbons (Fsp3) is 0.750. The molecular formula is C28H40ClN3O2. The number of hydrogen-bond donors (Lipinski definition) is 1. The van der Waals surface area contributed by atoms with Crippen LogP contribution in [0.3, 0.4) is 0 Å². The monoisotopic (exact) mass is 485 g/mol. The van der Waals surface area contributed by atoms with Gasteiger partial charge in [0, 0.05) is 5.92 Å². The van der Waals surface area contributed by atoms with E-state index in [1.807, 2.05) is 25.1 Å². The molecule has 7 atom stereocenters. The van der Waals surface area contributed by atoms with E-state index in [1.165, 1.54) is 25.7 Å². The fourth-order valence-corrected chi connectivity index (χ4v) is 8.24. The number of nitrogens with zero attached hydrogens (tertiary/aromatic N) is 3. The van der Waals surface area contributed by atoms with Crippen molar-refractivity contribution < 1.29 is 9.90 Å². The Labute approximate surface area is 208 Å². The first-order valence-electron chi connectivity index (χ1n) is 13.4. The molecule has 0 saturated heterocycles. The third-order valence-corrected chi connectivity index (χ3v) is 10.2. The Bertz CT molecular complexity index is 1050. The van der Waals surface area contributed by atoms with Crippen molar-refractivity contribution >= 4 is 28.4 Å². The molecule has 186 valence electrons. The number of hydrogen-bond acceptors (Lipinski definition) is 4. The summed E-state index contributed by atoms with van der Waals surface area (Å²) in [5.41, 5.74) is 1.01. The first kappa shape index (κ1) is 24.2. The SMILES string of the molecule is CC1CCC2(C)C(C(=O)Cn3nc4cccc(Cl)c4n3)CCC2C1CCC1CCCC(C)(O)C1. The molecule has 6 heteroatoms. The molecule has 0 bridgehead atoms. The minimum absolute atomic E-state index is 0.0799. The van der Waals surface area contributed by atoms with E-state index in [1.54, 1.807) is 4.80 Å². The molecule has 1 N–H and O–H groups in total. The fourth-order valence-electron chi connectivity index (χ4n) is 8.03. The number of aromatic nitrogens is 3. The molecule has 1 aromatic heterocycles. The Morgan fingerprint density at radius 2 is 1.97 bits per heavy atom. The van der Waals surface area contributed by atoms with Gasteiger partial charge >= 0.3 is 0 Å². The number of rotatable bonds is 6. The normalized spacial score (nSPS) is 38.2. The lowest BCUT2D eigenvalue weighted by molar-refractivity contribution is -0.129. The maximum atomic E-state index is 13.5. The lowest BCUT2D eigenvalue weighted by Crippen LogP contribution is -2.43. The molecule has 0 radical (unpaired) electrons. The molecule has 3 aliphatic rings. The number of ketones is 1. The maximum absolute atomic E-state index is 13.5. The van der Waals surface area contributed by atoms with E-state index in [2.05, 4.69) is 24.0 Å². The van der Waals surface area contributed by atoms with Gasteiger partial charge in [-0.1, -0.05) is 50.8 Å². The molecule has 34 heavy (non-hydrogen) atoms. The summed E-state index contributed by atoms with van der Waals surface area (Å²) in [6, 6.07) is 5.57. The van der Waals surface area contributed by atoms with Gasteiger partial charge in [-0.3, -0.25) is 4.79 Å². The van der Waals surface area contributed by atoms with Gasteiger partial charge in [0.2, 0.25) is 0 Å². The van der Waals surface area contributed by atoms with Gasteiger partial charge < -0.3 is 5.11 Å². The third kappa shape index (κ3) is 4.55. The van der Waals surface area contributed by atoms with Gasteiger partial charge in [-0.25, -0.2) is 0 Å². The summed E-state index contributed by atoms with van der Waals surface area (Å²) in [6.45, 7) is 7.06. The Morgan fingerprint density at radius 3 is 2.74 bits per heavy atom. The smallest absolute Gasteiger partial charge is 0.159 e. The molecule has 0 amide bonds. The largest absolute Gasteiger partial charge is 0.390 e. The molecule has 3 saturated carbocycles. The van der Waals surface area contributed by atoms with E-state index in [-0.39, 0.29) is 23.7 Å². The highest BCUT2D eigenvalue weighted by atomic mass is 35.5. The molecule has 3 aliphatic carbocycles. The molecule has 7 unspecified atom stereocenters. The van der Waals surface area contributed by atoms with Crippen LogP contribution < -0.4 is 0 Å². The van der Waals surface area contributed by atoms with Crippen molar-refractivity contribution in [2.24, 2.45) is 35.0 Å². The molecule has 0 spiro atoms. The van der Waals surface area contributed by atoms with Crippen LogP contribution >= 0.6 is 11.6 Å². The predicted molar refractivity (Wildman–Crippen MR) is 136 cm³/mol. The molecule has 1 aromatic carbocycles. The van der Waals surface area contributed by atoms with Gasteiger partial charge in [-0.05, 0) is 93.1 Å². The summed E-state index contributed by atoms with van der Waals surface area (Å²) in [5.74, 6) is 3.04. The number of carbonyl (C=O) groups excluding carboxylic acids is 1. The molecular weight excluding hydrogens is 446 g/mol. The average Bonchev–Trinajstić information content (AvgIpc) is 3.34. The Kier molecular flexibility index (Phi) is 6.56. The van der Waals surface area contributed by atoms with Gasteiger partial charge in [0.25, 0.3) is 0 Å². The quantitative estimate of drug-likeness (QED) is 0.510. The number of Topliss-reactive ketones (excluding diaryl/α,β-unsaturated/α-hetero) is 1. The topological polar surface area (TPSA) is 68.0 Å². The van der Waals surface area contributed by atoms with Crippen molar-refractivity contribution in [3.05, 3.63) is 23.2 Å². The van der Waals surface area contributed by atoms with Gasteiger partial charge in [-0.2, -0.15) is 15.0 Å². The van der Waals surface area contributed by atoms with E-state index < -0.39 is 5.60 Å². The van der Waals surface area contributed by atoms with Crippen molar-refractivity contribution in [3.8, 4) is 0 Å². The van der Waals surface area contributed by atoms with E-state index >= 15 is 0 Å². The van der Waals surface area contributed by atoms with Crippen molar-refractivity contribution in [2.45, 2.75) is 97.1 Å². The summed E-state index contributed by atoms with van der Waals surface area (Å²) < 4.78 is 0. The highest BCUT2D eigenvalue weighted by molar-refractivity contribution is 6.34. The lowest BCUT2D eigenvalue weighted by atomic mass is 9.56.